The van der Waals surface area contributed by atoms with Crippen molar-refractivity contribution in [1.29, 1.82) is 0 Å². The molecule has 0 saturated carbocycles. The van der Waals surface area contributed by atoms with Gasteiger partial charge in [0.2, 0.25) is 0 Å². The Bertz CT molecular complexity index is 143. The van der Waals surface area contributed by atoms with Gasteiger partial charge in [-0.1, -0.05) is 39.0 Å². The van der Waals surface area contributed by atoms with Gasteiger partial charge in [-0.25, -0.2) is 5.48 Å². The van der Waals surface area contributed by atoms with E-state index in [1.165, 1.54) is 32.1 Å². The number of nitrogens with one attached hydrogen (secondary N) is 2. The van der Waals surface area contributed by atoms with Crippen LogP contribution in [0.1, 0.15) is 52.4 Å². The SMILES string of the molecule is CCCCCCCCONCCNCC(C)O. The Morgan fingerprint density at radius 1 is 1.06 bits per heavy atom. The monoisotopic (exact) mass is 246 g/mol. The molecule has 0 bridgehead atoms. The van der Waals surface area contributed by atoms with Crippen LogP contribution in [0.5, 0.6) is 0 Å². The highest BCUT2D eigenvalue weighted by Gasteiger charge is 1.94. The van der Waals surface area contributed by atoms with E-state index in [0.717, 1.165) is 26.1 Å². The number of hydrogen-bond donors (Lipinski definition) is 3. The first kappa shape index (κ1) is 16.8. The molecule has 0 rings (SSSR count). The van der Waals surface area contributed by atoms with Crippen molar-refractivity contribution in [2.24, 2.45) is 0 Å². The molecule has 104 valence electrons. The average Bonchev–Trinajstić information content (AvgIpc) is 2.30. The van der Waals surface area contributed by atoms with Crippen LogP contribution in [0.2, 0.25) is 0 Å². The number of unbranched alkanes of at least 4 members (excludes halogenated alkanes) is 5. The van der Waals surface area contributed by atoms with Gasteiger partial charge in [0.25, 0.3) is 0 Å². The Morgan fingerprint density at radius 2 is 1.76 bits per heavy atom. The summed E-state index contributed by atoms with van der Waals surface area (Å²) in [7, 11) is 0. The van der Waals surface area contributed by atoms with Crippen molar-refractivity contribution in [2.45, 2.75) is 58.5 Å². The zero-order valence-electron chi connectivity index (χ0n) is 11.5. The van der Waals surface area contributed by atoms with Gasteiger partial charge in [0, 0.05) is 19.6 Å². The van der Waals surface area contributed by atoms with Crippen LogP contribution in [0.3, 0.4) is 0 Å². The van der Waals surface area contributed by atoms with Crippen LogP contribution < -0.4 is 10.8 Å². The van der Waals surface area contributed by atoms with Gasteiger partial charge in [0.15, 0.2) is 0 Å². The van der Waals surface area contributed by atoms with Crippen molar-refractivity contribution in [3.63, 3.8) is 0 Å². The smallest absolute Gasteiger partial charge is 0.0682 e. The molecule has 0 aliphatic rings. The third-order valence-electron chi connectivity index (χ3n) is 2.55. The van der Waals surface area contributed by atoms with E-state index in [0.29, 0.717) is 6.54 Å². The highest BCUT2D eigenvalue weighted by atomic mass is 16.6. The molecule has 1 atom stereocenters. The Kier molecular flexibility index (Phi) is 13.8. The summed E-state index contributed by atoms with van der Waals surface area (Å²) >= 11 is 0. The first-order valence-corrected chi connectivity index (χ1v) is 7.00. The number of hydrogen-bond acceptors (Lipinski definition) is 4. The molecule has 4 heteroatoms. The molecule has 0 spiro atoms. The molecule has 0 heterocycles. The van der Waals surface area contributed by atoms with Crippen LogP contribution in [-0.2, 0) is 4.84 Å². The molecule has 0 aliphatic carbocycles. The van der Waals surface area contributed by atoms with Crippen molar-refractivity contribution in [3.05, 3.63) is 0 Å². The predicted octanol–water partition coefficient (Wildman–Crippen LogP) is 1.84. The van der Waals surface area contributed by atoms with Crippen LogP contribution in [0, 0.1) is 0 Å². The molecule has 0 aromatic carbocycles. The molecular weight excluding hydrogens is 216 g/mol. The first-order chi connectivity index (χ1) is 8.27. The average molecular weight is 246 g/mol. The standard InChI is InChI=1S/C13H30N2O2/c1-3-4-5-6-7-8-11-17-15-10-9-14-12-13(2)16/h13-16H,3-12H2,1-2H3. The maximum Gasteiger partial charge on any atom is 0.0682 e. The van der Waals surface area contributed by atoms with Gasteiger partial charge in [-0.05, 0) is 13.3 Å². The summed E-state index contributed by atoms with van der Waals surface area (Å²) in [4.78, 5) is 5.29. The maximum absolute atomic E-state index is 9.00. The second-order valence-corrected chi connectivity index (χ2v) is 4.56. The van der Waals surface area contributed by atoms with Crippen LogP contribution in [0.4, 0.5) is 0 Å². The topological polar surface area (TPSA) is 53.5 Å². The lowest BCUT2D eigenvalue weighted by Gasteiger charge is -2.08. The van der Waals surface area contributed by atoms with E-state index in [1.807, 2.05) is 0 Å². The Labute approximate surface area is 106 Å². The molecule has 0 fully saturated rings. The van der Waals surface area contributed by atoms with Crippen molar-refractivity contribution in [2.75, 3.05) is 26.2 Å². The molecule has 4 nitrogen and oxygen atoms in total. The van der Waals surface area contributed by atoms with Crippen LogP contribution in [-0.4, -0.2) is 37.5 Å². The Morgan fingerprint density at radius 3 is 2.47 bits per heavy atom. The third kappa shape index (κ3) is 15.8. The van der Waals surface area contributed by atoms with Gasteiger partial charge in [0.1, 0.15) is 0 Å². The number of aliphatic hydroxyl groups excluding tert-OH is 1. The molecule has 1 unspecified atom stereocenters. The van der Waals surface area contributed by atoms with E-state index >= 15 is 0 Å². The molecule has 0 amide bonds. The third-order valence-corrected chi connectivity index (χ3v) is 2.55. The van der Waals surface area contributed by atoms with Gasteiger partial charge in [-0.15, -0.1) is 0 Å². The minimum absolute atomic E-state index is 0.279. The summed E-state index contributed by atoms with van der Waals surface area (Å²) in [6, 6.07) is 0. The number of rotatable bonds is 13. The molecule has 0 saturated heterocycles. The fourth-order valence-corrected chi connectivity index (χ4v) is 1.55. The van der Waals surface area contributed by atoms with Crippen molar-refractivity contribution in [1.82, 2.24) is 10.8 Å². The second-order valence-electron chi connectivity index (χ2n) is 4.56. The molecule has 0 aromatic heterocycles. The van der Waals surface area contributed by atoms with Gasteiger partial charge in [0.05, 0.1) is 12.7 Å². The first-order valence-electron chi connectivity index (χ1n) is 7.00. The van der Waals surface area contributed by atoms with Crippen molar-refractivity contribution in [3.8, 4) is 0 Å². The van der Waals surface area contributed by atoms with Gasteiger partial charge >= 0.3 is 0 Å². The highest BCUT2D eigenvalue weighted by Crippen LogP contribution is 2.04. The number of hydroxylamine groups is 1. The maximum atomic E-state index is 9.00. The summed E-state index contributed by atoms with van der Waals surface area (Å²) in [5, 5.41) is 12.1. The fourth-order valence-electron chi connectivity index (χ4n) is 1.55. The summed E-state index contributed by atoms with van der Waals surface area (Å²) in [6.07, 6.45) is 7.46. The molecular formula is C13H30N2O2. The highest BCUT2D eigenvalue weighted by molar-refractivity contribution is 4.52. The van der Waals surface area contributed by atoms with E-state index in [1.54, 1.807) is 6.92 Å². The van der Waals surface area contributed by atoms with E-state index in [9.17, 15) is 0 Å². The summed E-state index contributed by atoms with van der Waals surface area (Å²) in [5.41, 5.74) is 2.92. The molecule has 0 aliphatic heterocycles. The fraction of sp³-hybridized carbons (Fsp3) is 1.00. The van der Waals surface area contributed by atoms with Crippen LogP contribution in [0.15, 0.2) is 0 Å². The van der Waals surface area contributed by atoms with Gasteiger partial charge < -0.3 is 15.3 Å². The molecule has 0 radical (unpaired) electrons. The lowest BCUT2D eigenvalue weighted by atomic mass is 10.1. The van der Waals surface area contributed by atoms with Crippen LogP contribution >= 0.6 is 0 Å². The summed E-state index contributed by atoms with van der Waals surface area (Å²) < 4.78 is 0. The second kappa shape index (κ2) is 13.9. The quantitative estimate of drug-likeness (QED) is 0.343. The van der Waals surface area contributed by atoms with Gasteiger partial charge in [-0.3, -0.25) is 0 Å². The summed E-state index contributed by atoms with van der Waals surface area (Å²) in [6.45, 7) is 7.04. The van der Waals surface area contributed by atoms with E-state index < -0.39 is 0 Å². The lowest BCUT2D eigenvalue weighted by Crippen LogP contribution is -2.32. The van der Waals surface area contributed by atoms with E-state index in [2.05, 4.69) is 17.7 Å². The van der Waals surface area contributed by atoms with E-state index in [-0.39, 0.29) is 6.10 Å². The molecule has 17 heavy (non-hydrogen) atoms. The number of aliphatic hydroxyl groups is 1. The molecule has 3 N–H and O–H groups in total. The minimum Gasteiger partial charge on any atom is -0.392 e. The van der Waals surface area contributed by atoms with Crippen LogP contribution in [0.25, 0.3) is 0 Å². The van der Waals surface area contributed by atoms with E-state index in [4.69, 9.17) is 9.94 Å². The predicted molar refractivity (Wildman–Crippen MR) is 71.9 cm³/mol. The van der Waals surface area contributed by atoms with Crippen molar-refractivity contribution >= 4 is 0 Å². The minimum atomic E-state index is -0.279. The van der Waals surface area contributed by atoms with Crippen molar-refractivity contribution < 1.29 is 9.94 Å². The largest absolute Gasteiger partial charge is 0.392 e. The Hall–Kier alpha value is -0.160. The zero-order chi connectivity index (χ0) is 12.8. The normalized spacial score (nSPS) is 12.9. The van der Waals surface area contributed by atoms with Gasteiger partial charge in [-0.2, -0.15) is 0 Å². The summed E-state index contributed by atoms with van der Waals surface area (Å²) in [5.74, 6) is 0. The lowest BCUT2D eigenvalue weighted by molar-refractivity contribution is 0.0388. The Balaban J connectivity index is 2.89. The zero-order valence-corrected chi connectivity index (χ0v) is 11.5. The molecule has 0 aromatic rings.